The monoisotopic (exact) mass is 177 g/mol. The van der Waals surface area contributed by atoms with Crippen LogP contribution in [-0.4, -0.2) is 6.04 Å². The maximum absolute atomic E-state index is 6.01. The van der Waals surface area contributed by atoms with Crippen molar-refractivity contribution in [3.63, 3.8) is 0 Å². The van der Waals surface area contributed by atoms with Crippen LogP contribution in [0.15, 0.2) is 0 Å². The largest absolute Gasteiger partial charge is 0.327 e. The van der Waals surface area contributed by atoms with E-state index in [1.807, 2.05) is 0 Å². The molecular weight excluding hydrogens is 158 g/mol. The van der Waals surface area contributed by atoms with Gasteiger partial charge in [0.1, 0.15) is 0 Å². The van der Waals surface area contributed by atoms with E-state index in [0.29, 0.717) is 12.0 Å². The standard InChI is InChI=1S/C12H19N/c13-12-7-2-1-5-11(12)6-3-4-10-8-9-10/h10-12H,1-2,4-5,7-9,13H2/t11-,12+/m1/s1. The molecule has 0 aromatic rings. The highest BCUT2D eigenvalue weighted by Crippen LogP contribution is 2.32. The zero-order valence-corrected chi connectivity index (χ0v) is 8.26. The minimum Gasteiger partial charge on any atom is -0.327 e. The molecule has 13 heavy (non-hydrogen) atoms. The van der Waals surface area contributed by atoms with Crippen LogP contribution in [-0.2, 0) is 0 Å². The molecule has 0 spiro atoms. The summed E-state index contributed by atoms with van der Waals surface area (Å²) in [5, 5.41) is 0. The first kappa shape index (κ1) is 9.09. The van der Waals surface area contributed by atoms with E-state index in [1.165, 1.54) is 38.5 Å². The van der Waals surface area contributed by atoms with Gasteiger partial charge in [0, 0.05) is 18.4 Å². The Balaban J connectivity index is 1.78. The lowest BCUT2D eigenvalue weighted by atomic mass is 9.85. The van der Waals surface area contributed by atoms with Gasteiger partial charge in [-0.05, 0) is 31.6 Å². The van der Waals surface area contributed by atoms with E-state index < -0.39 is 0 Å². The molecule has 0 amide bonds. The molecule has 0 aromatic heterocycles. The highest BCUT2D eigenvalue weighted by atomic mass is 14.6. The Kier molecular flexibility index (Phi) is 2.90. The van der Waals surface area contributed by atoms with Gasteiger partial charge in [-0.15, -0.1) is 5.92 Å². The molecule has 72 valence electrons. The Labute approximate surface area is 81.1 Å². The van der Waals surface area contributed by atoms with Crippen LogP contribution in [0.4, 0.5) is 0 Å². The van der Waals surface area contributed by atoms with Crippen molar-refractivity contribution < 1.29 is 0 Å². The second kappa shape index (κ2) is 4.15. The van der Waals surface area contributed by atoms with Gasteiger partial charge in [-0.1, -0.05) is 18.8 Å². The number of hydrogen-bond donors (Lipinski definition) is 1. The van der Waals surface area contributed by atoms with Crippen LogP contribution < -0.4 is 5.73 Å². The van der Waals surface area contributed by atoms with E-state index in [1.54, 1.807) is 0 Å². The lowest BCUT2D eigenvalue weighted by molar-refractivity contribution is 0.371. The zero-order valence-electron chi connectivity index (χ0n) is 8.26. The molecule has 1 nitrogen and oxygen atoms in total. The average Bonchev–Trinajstić information content (AvgIpc) is 2.92. The molecule has 0 aliphatic heterocycles. The maximum Gasteiger partial charge on any atom is 0.0354 e. The average molecular weight is 177 g/mol. The summed E-state index contributed by atoms with van der Waals surface area (Å²) in [6.07, 6.45) is 9.00. The first-order chi connectivity index (χ1) is 6.36. The van der Waals surface area contributed by atoms with Crippen molar-refractivity contribution in [2.24, 2.45) is 17.6 Å². The number of nitrogens with two attached hydrogens (primary N) is 1. The normalized spacial score (nSPS) is 33.6. The Morgan fingerprint density at radius 1 is 1.08 bits per heavy atom. The highest BCUT2D eigenvalue weighted by molar-refractivity contribution is 5.09. The van der Waals surface area contributed by atoms with Gasteiger partial charge in [-0.2, -0.15) is 0 Å². The van der Waals surface area contributed by atoms with Crippen LogP contribution in [0, 0.1) is 23.7 Å². The molecular formula is C12H19N. The van der Waals surface area contributed by atoms with Crippen LogP contribution in [0.1, 0.15) is 44.9 Å². The van der Waals surface area contributed by atoms with Crippen molar-refractivity contribution in [1.29, 1.82) is 0 Å². The highest BCUT2D eigenvalue weighted by Gasteiger charge is 2.21. The van der Waals surface area contributed by atoms with Crippen LogP contribution in [0.25, 0.3) is 0 Å². The third-order valence-corrected chi connectivity index (χ3v) is 3.19. The fourth-order valence-electron chi connectivity index (χ4n) is 2.00. The van der Waals surface area contributed by atoms with Crippen molar-refractivity contribution >= 4 is 0 Å². The van der Waals surface area contributed by atoms with E-state index in [0.717, 1.165) is 12.3 Å². The van der Waals surface area contributed by atoms with Crippen LogP contribution in [0.5, 0.6) is 0 Å². The molecule has 0 bridgehead atoms. The van der Waals surface area contributed by atoms with Gasteiger partial charge in [0.15, 0.2) is 0 Å². The van der Waals surface area contributed by atoms with E-state index in [9.17, 15) is 0 Å². The summed E-state index contributed by atoms with van der Waals surface area (Å²) in [5.41, 5.74) is 6.01. The molecule has 1 heteroatoms. The second-order valence-corrected chi connectivity index (χ2v) is 4.52. The molecule has 2 aliphatic carbocycles. The van der Waals surface area contributed by atoms with Gasteiger partial charge in [-0.3, -0.25) is 0 Å². The fourth-order valence-corrected chi connectivity index (χ4v) is 2.00. The smallest absolute Gasteiger partial charge is 0.0354 e. The van der Waals surface area contributed by atoms with Gasteiger partial charge >= 0.3 is 0 Å². The van der Waals surface area contributed by atoms with Gasteiger partial charge in [0.25, 0.3) is 0 Å². The molecule has 2 atom stereocenters. The van der Waals surface area contributed by atoms with E-state index in [4.69, 9.17) is 5.73 Å². The molecule has 0 radical (unpaired) electrons. The second-order valence-electron chi connectivity index (χ2n) is 4.52. The molecule has 0 aromatic carbocycles. The van der Waals surface area contributed by atoms with Gasteiger partial charge in [0.05, 0.1) is 0 Å². The van der Waals surface area contributed by atoms with Crippen LogP contribution in [0.2, 0.25) is 0 Å². The SMILES string of the molecule is N[C@H]1CCCC[C@@H]1C#CCC1CC1. The van der Waals surface area contributed by atoms with Gasteiger partial charge in [0.2, 0.25) is 0 Å². The summed E-state index contributed by atoms with van der Waals surface area (Å²) >= 11 is 0. The van der Waals surface area contributed by atoms with Crippen molar-refractivity contribution in [3.05, 3.63) is 0 Å². The molecule has 0 unspecified atom stereocenters. The minimum absolute atomic E-state index is 0.362. The topological polar surface area (TPSA) is 26.0 Å². The predicted molar refractivity (Wildman–Crippen MR) is 55.1 cm³/mol. The summed E-state index contributed by atoms with van der Waals surface area (Å²) < 4.78 is 0. The first-order valence-corrected chi connectivity index (χ1v) is 5.60. The third kappa shape index (κ3) is 2.74. The predicted octanol–water partition coefficient (Wildman–Crippen LogP) is 2.31. The van der Waals surface area contributed by atoms with Gasteiger partial charge < -0.3 is 5.73 Å². The minimum atomic E-state index is 0.362. The van der Waals surface area contributed by atoms with Gasteiger partial charge in [-0.25, -0.2) is 0 Å². The molecule has 2 N–H and O–H groups in total. The molecule has 2 rings (SSSR count). The van der Waals surface area contributed by atoms with Crippen molar-refractivity contribution in [3.8, 4) is 11.8 Å². The summed E-state index contributed by atoms with van der Waals surface area (Å²) in [5.74, 6) is 8.13. The Hall–Kier alpha value is -0.480. The summed E-state index contributed by atoms with van der Waals surface area (Å²) in [6, 6.07) is 0.362. The lowest BCUT2D eigenvalue weighted by Crippen LogP contribution is -2.31. The Morgan fingerprint density at radius 2 is 1.85 bits per heavy atom. The maximum atomic E-state index is 6.01. The third-order valence-electron chi connectivity index (χ3n) is 3.19. The molecule has 2 saturated carbocycles. The number of hydrogen-bond acceptors (Lipinski definition) is 1. The zero-order chi connectivity index (χ0) is 9.10. The summed E-state index contributed by atoms with van der Waals surface area (Å²) in [4.78, 5) is 0. The molecule has 2 fully saturated rings. The Morgan fingerprint density at radius 3 is 2.54 bits per heavy atom. The van der Waals surface area contributed by atoms with E-state index in [2.05, 4.69) is 11.8 Å². The first-order valence-electron chi connectivity index (χ1n) is 5.60. The summed E-state index contributed by atoms with van der Waals surface area (Å²) in [6.45, 7) is 0. The van der Waals surface area contributed by atoms with Crippen LogP contribution in [0.3, 0.4) is 0 Å². The van der Waals surface area contributed by atoms with Crippen molar-refractivity contribution in [2.75, 3.05) is 0 Å². The fraction of sp³-hybridized carbons (Fsp3) is 0.833. The van der Waals surface area contributed by atoms with Crippen LogP contribution >= 0.6 is 0 Å². The Bertz CT molecular complexity index is 219. The molecule has 2 aliphatic rings. The van der Waals surface area contributed by atoms with Crippen molar-refractivity contribution in [1.82, 2.24) is 0 Å². The number of rotatable bonds is 1. The van der Waals surface area contributed by atoms with E-state index in [-0.39, 0.29) is 0 Å². The summed E-state index contributed by atoms with van der Waals surface area (Å²) in [7, 11) is 0. The lowest BCUT2D eigenvalue weighted by Gasteiger charge is -2.23. The molecule has 0 saturated heterocycles. The quantitative estimate of drug-likeness (QED) is 0.611. The molecule has 0 heterocycles. The van der Waals surface area contributed by atoms with E-state index >= 15 is 0 Å². The van der Waals surface area contributed by atoms with Crippen molar-refractivity contribution in [2.45, 2.75) is 51.0 Å².